The first kappa shape index (κ1) is 9.31. The molecule has 0 amide bonds. The summed E-state index contributed by atoms with van der Waals surface area (Å²) in [6, 6.07) is 8.43. The minimum absolute atomic E-state index is 0.122. The van der Waals surface area contributed by atoms with E-state index >= 15 is 0 Å². The molecule has 80 valence electrons. The van der Waals surface area contributed by atoms with Crippen molar-refractivity contribution in [1.82, 2.24) is 4.98 Å². The fourth-order valence-corrected chi connectivity index (χ4v) is 2.52. The number of rotatable bonds is 1. The maximum Gasteiger partial charge on any atom is 0.0458 e. The Bertz CT molecular complexity index is 578. The quantitative estimate of drug-likeness (QED) is 0.428. The highest BCUT2D eigenvalue weighted by atomic mass is 15.1. The average Bonchev–Trinajstić information content (AvgIpc) is 2.68. The lowest BCUT2D eigenvalue weighted by molar-refractivity contribution is 0.571. The summed E-state index contributed by atoms with van der Waals surface area (Å²) in [4.78, 5) is 6.36. The Morgan fingerprint density at radius 3 is 3.12 bits per heavy atom. The number of hydrogen-bond donors (Lipinski definition) is 1. The van der Waals surface area contributed by atoms with Crippen LogP contribution in [0.4, 0.5) is 0 Å². The fraction of sp³-hybridized carbons (Fsp3) is 0.333. The van der Waals surface area contributed by atoms with E-state index in [9.17, 15) is 0 Å². The minimum Gasteiger partial charge on any atom is -0.358 e. The molecule has 0 radical (unpaired) electrons. The molecule has 1 aliphatic carbocycles. The number of nitrogens with one attached hydrogen (secondary N) is 1. The summed E-state index contributed by atoms with van der Waals surface area (Å²) in [6.45, 7) is 0. The van der Waals surface area contributed by atoms with E-state index in [1.165, 1.54) is 22.2 Å². The van der Waals surface area contributed by atoms with Gasteiger partial charge in [0.2, 0.25) is 0 Å². The van der Waals surface area contributed by atoms with Gasteiger partial charge in [-0.05, 0) is 36.4 Å². The highest BCUT2D eigenvalue weighted by Crippen LogP contribution is 2.30. The zero-order chi connectivity index (χ0) is 11.0. The van der Waals surface area contributed by atoms with Crippen molar-refractivity contribution in [1.29, 1.82) is 0 Å². The van der Waals surface area contributed by atoms with Crippen LogP contribution < -0.4 is 0 Å². The SMILES string of the molecule is [N-]=[N+]=N[C@@H]1CCc2[nH]c3ccccc3c2C1. The molecule has 0 unspecified atom stereocenters. The fourth-order valence-electron chi connectivity index (χ4n) is 2.52. The van der Waals surface area contributed by atoms with Crippen molar-refractivity contribution in [2.24, 2.45) is 5.11 Å². The number of H-pyrrole nitrogens is 1. The van der Waals surface area contributed by atoms with Gasteiger partial charge in [-0.15, -0.1) is 0 Å². The maximum atomic E-state index is 8.48. The normalized spacial score (nSPS) is 19.1. The summed E-state index contributed by atoms with van der Waals surface area (Å²) in [6.07, 6.45) is 2.79. The number of fused-ring (bicyclic) bond motifs is 3. The van der Waals surface area contributed by atoms with Crippen molar-refractivity contribution in [3.8, 4) is 0 Å². The van der Waals surface area contributed by atoms with E-state index in [0.717, 1.165) is 19.3 Å². The summed E-state index contributed by atoms with van der Waals surface area (Å²) < 4.78 is 0. The van der Waals surface area contributed by atoms with E-state index in [-0.39, 0.29) is 6.04 Å². The van der Waals surface area contributed by atoms with Gasteiger partial charge >= 0.3 is 0 Å². The Hall–Kier alpha value is -1.93. The lowest BCUT2D eigenvalue weighted by Crippen LogP contribution is -2.15. The number of para-hydroxylation sites is 1. The Morgan fingerprint density at radius 1 is 1.38 bits per heavy atom. The van der Waals surface area contributed by atoms with Crippen LogP contribution in [0, 0.1) is 0 Å². The molecule has 1 aliphatic rings. The molecule has 2 aromatic rings. The van der Waals surface area contributed by atoms with Crippen molar-refractivity contribution < 1.29 is 0 Å². The van der Waals surface area contributed by atoms with E-state index < -0.39 is 0 Å². The third-order valence-electron chi connectivity index (χ3n) is 3.28. The largest absolute Gasteiger partial charge is 0.358 e. The van der Waals surface area contributed by atoms with E-state index in [0.29, 0.717) is 0 Å². The van der Waals surface area contributed by atoms with E-state index in [2.05, 4.69) is 27.1 Å². The Morgan fingerprint density at radius 2 is 2.25 bits per heavy atom. The minimum atomic E-state index is 0.122. The average molecular weight is 212 g/mol. The summed E-state index contributed by atoms with van der Waals surface area (Å²) in [5, 5.41) is 5.11. The topological polar surface area (TPSA) is 64.6 Å². The summed E-state index contributed by atoms with van der Waals surface area (Å²) >= 11 is 0. The number of aromatic amines is 1. The zero-order valence-corrected chi connectivity index (χ0v) is 8.85. The van der Waals surface area contributed by atoms with E-state index in [4.69, 9.17) is 5.53 Å². The third kappa shape index (κ3) is 1.35. The van der Waals surface area contributed by atoms with Gasteiger partial charge in [0.05, 0.1) is 0 Å². The predicted molar refractivity (Wildman–Crippen MR) is 63.3 cm³/mol. The monoisotopic (exact) mass is 212 g/mol. The molecule has 4 heteroatoms. The van der Waals surface area contributed by atoms with Crippen LogP contribution in [0.3, 0.4) is 0 Å². The van der Waals surface area contributed by atoms with Crippen LogP contribution in [0.1, 0.15) is 17.7 Å². The van der Waals surface area contributed by atoms with Gasteiger partial charge in [0.15, 0.2) is 0 Å². The molecule has 1 N–H and O–H groups in total. The molecule has 0 spiro atoms. The van der Waals surface area contributed by atoms with Gasteiger partial charge in [0.1, 0.15) is 0 Å². The van der Waals surface area contributed by atoms with Gasteiger partial charge in [0, 0.05) is 27.6 Å². The number of azide groups is 1. The van der Waals surface area contributed by atoms with Crippen LogP contribution >= 0.6 is 0 Å². The van der Waals surface area contributed by atoms with Crippen molar-refractivity contribution >= 4 is 10.9 Å². The Kier molecular flexibility index (Phi) is 2.08. The molecule has 1 atom stereocenters. The molecule has 0 fully saturated rings. The van der Waals surface area contributed by atoms with Gasteiger partial charge in [0.25, 0.3) is 0 Å². The third-order valence-corrected chi connectivity index (χ3v) is 3.28. The second kappa shape index (κ2) is 3.58. The number of hydrogen-bond acceptors (Lipinski definition) is 1. The molecule has 0 saturated carbocycles. The number of aromatic nitrogens is 1. The molecule has 1 aromatic heterocycles. The van der Waals surface area contributed by atoms with Gasteiger partial charge in [-0.2, -0.15) is 0 Å². The molecule has 1 aromatic carbocycles. The smallest absolute Gasteiger partial charge is 0.0458 e. The van der Waals surface area contributed by atoms with Gasteiger partial charge in [-0.3, -0.25) is 0 Å². The lowest BCUT2D eigenvalue weighted by atomic mass is 9.92. The van der Waals surface area contributed by atoms with Gasteiger partial charge in [-0.25, -0.2) is 0 Å². The van der Waals surface area contributed by atoms with Gasteiger partial charge < -0.3 is 4.98 Å². The molecule has 4 nitrogen and oxygen atoms in total. The first-order valence-corrected chi connectivity index (χ1v) is 5.51. The molecular formula is C12H12N4. The number of benzene rings is 1. The van der Waals surface area contributed by atoms with Crippen LogP contribution in [0.2, 0.25) is 0 Å². The van der Waals surface area contributed by atoms with Crippen molar-refractivity contribution in [3.63, 3.8) is 0 Å². The summed E-state index contributed by atoms with van der Waals surface area (Å²) in [5.74, 6) is 0. The zero-order valence-electron chi connectivity index (χ0n) is 8.85. The standard InChI is InChI=1S/C12H12N4/c13-16-15-8-5-6-12-10(7-8)9-3-1-2-4-11(9)14-12/h1-4,8,14H,5-7H2/t8-/m1/s1. The first-order chi connectivity index (χ1) is 7.88. The first-order valence-electron chi connectivity index (χ1n) is 5.51. The Labute approximate surface area is 92.9 Å². The molecule has 16 heavy (non-hydrogen) atoms. The number of nitrogens with zero attached hydrogens (tertiary/aromatic N) is 3. The van der Waals surface area contributed by atoms with Crippen LogP contribution in [0.15, 0.2) is 29.4 Å². The molecule has 0 aliphatic heterocycles. The highest BCUT2D eigenvalue weighted by molar-refractivity contribution is 5.84. The molecule has 1 heterocycles. The highest BCUT2D eigenvalue weighted by Gasteiger charge is 2.21. The van der Waals surface area contributed by atoms with Crippen molar-refractivity contribution in [2.45, 2.75) is 25.3 Å². The van der Waals surface area contributed by atoms with E-state index in [1.807, 2.05) is 12.1 Å². The predicted octanol–water partition coefficient (Wildman–Crippen LogP) is 3.34. The van der Waals surface area contributed by atoms with Crippen LogP contribution in [0.5, 0.6) is 0 Å². The second-order valence-electron chi connectivity index (χ2n) is 4.23. The maximum absolute atomic E-state index is 8.48. The van der Waals surface area contributed by atoms with Crippen LogP contribution in [-0.4, -0.2) is 11.0 Å². The molecule has 0 bridgehead atoms. The molecule has 0 saturated heterocycles. The molecule has 3 rings (SSSR count). The van der Waals surface area contributed by atoms with Crippen molar-refractivity contribution in [3.05, 3.63) is 46.0 Å². The van der Waals surface area contributed by atoms with Crippen LogP contribution in [0.25, 0.3) is 21.3 Å². The van der Waals surface area contributed by atoms with E-state index in [1.54, 1.807) is 0 Å². The van der Waals surface area contributed by atoms with Crippen LogP contribution in [-0.2, 0) is 12.8 Å². The summed E-state index contributed by atoms with van der Waals surface area (Å²) in [5.41, 5.74) is 12.3. The summed E-state index contributed by atoms with van der Waals surface area (Å²) in [7, 11) is 0. The molecular weight excluding hydrogens is 200 g/mol. The Balaban J connectivity index is 2.11. The second-order valence-corrected chi connectivity index (χ2v) is 4.23. The van der Waals surface area contributed by atoms with Crippen molar-refractivity contribution in [2.75, 3.05) is 0 Å². The lowest BCUT2D eigenvalue weighted by Gasteiger charge is -2.17. The van der Waals surface area contributed by atoms with Gasteiger partial charge in [-0.1, -0.05) is 23.3 Å². The number of aryl methyl sites for hydroxylation is 1.